The van der Waals surface area contributed by atoms with Gasteiger partial charge in [-0.15, -0.1) is 0 Å². The molecule has 1 saturated heterocycles. The molecule has 1 aromatic carbocycles. The molecule has 2 rings (SSSR count). The highest BCUT2D eigenvalue weighted by atomic mass is 79.9. The number of ether oxygens (including phenoxy) is 1. The van der Waals surface area contributed by atoms with E-state index in [1.807, 2.05) is 11.8 Å². The van der Waals surface area contributed by atoms with Gasteiger partial charge in [0.15, 0.2) is 0 Å². The molecule has 1 heterocycles. The first-order valence-corrected chi connectivity index (χ1v) is 7.75. The number of hydrogen-bond donors (Lipinski definition) is 2. The van der Waals surface area contributed by atoms with Crippen molar-refractivity contribution < 1.29 is 9.13 Å². The SMILES string of the molecule is NNC(Cc1cc(Br)ccc1F)C1CSCCO1. The van der Waals surface area contributed by atoms with Crippen molar-refractivity contribution in [1.82, 2.24) is 5.43 Å². The van der Waals surface area contributed by atoms with E-state index < -0.39 is 0 Å². The molecule has 1 aliphatic heterocycles. The van der Waals surface area contributed by atoms with Crippen LogP contribution in [0.3, 0.4) is 0 Å². The topological polar surface area (TPSA) is 47.3 Å². The fourth-order valence-corrected chi connectivity index (χ4v) is 3.32. The van der Waals surface area contributed by atoms with Crippen LogP contribution in [0.25, 0.3) is 0 Å². The molecule has 1 fully saturated rings. The zero-order valence-corrected chi connectivity index (χ0v) is 12.3. The molecule has 0 saturated carbocycles. The van der Waals surface area contributed by atoms with E-state index in [9.17, 15) is 4.39 Å². The maximum atomic E-state index is 13.7. The molecule has 18 heavy (non-hydrogen) atoms. The molecule has 0 bridgehead atoms. The fraction of sp³-hybridized carbons (Fsp3) is 0.500. The Labute approximate surface area is 119 Å². The number of hydrogen-bond acceptors (Lipinski definition) is 4. The number of hydrazine groups is 1. The Bertz CT molecular complexity index is 402. The molecule has 0 spiro atoms. The summed E-state index contributed by atoms with van der Waals surface area (Å²) in [4.78, 5) is 0. The van der Waals surface area contributed by atoms with Crippen molar-refractivity contribution in [1.29, 1.82) is 0 Å². The van der Waals surface area contributed by atoms with Crippen molar-refractivity contribution in [3.05, 3.63) is 34.1 Å². The zero-order chi connectivity index (χ0) is 13.0. The van der Waals surface area contributed by atoms with Crippen molar-refractivity contribution in [2.75, 3.05) is 18.1 Å². The fourth-order valence-electron chi connectivity index (χ4n) is 1.97. The lowest BCUT2D eigenvalue weighted by molar-refractivity contribution is 0.0470. The summed E-state index contributed by atoms with van der Waals surface area (Å²) in [6, 6.07) is 4.87. The number of nitrogens with one attached hydrogen (secondary N) is 1. The van der Waals surface area contributed by atoms with E-state index in [0.717, 1.165) is 22.6 Å². The average Bonchev–Trinajstić information content (AvgIpc) is 2.41. The molecular weight excluding hydrogens is 319 g/mol. The molecule has 100 valence electrons. The molecule has 2 atom stereocenters. The van der Waals surface area contributed by atoms with E-state index >= 15 is 0 Å². The van der Waals surface area contributed by atoms with Crippen LogP contribution in [-0.4, -0.2) is 30.3 Å². The normalized spacial score (nSPS) is 21.8. The Kier molecular flexibility index (Phi) is 5.44. The van der Waals surface area contributed by atoms with Crippen molar-refractivity contribution in [3.63, 3.8) is 0 Å². The second-order valence-corrected chi connectivity index (χ2v) is 6.26. The first kappa shape index (κ1) is 14.3. The third kappa shape index (κ3) is 3.68. The predicted molar refractivity (Wildman–Crippen MR) is 76.0 cm³/mol. The van der Waals surface area contributed by atoms with E-state index in [1.54, 1.807) is 12.1 Å². The summed E-state index contributed by atoms with van der Waals surface area (Å²) in [7, 11) is 0. The Hall–Kier alpha value is -0.140. The maximum Gasteiger partial charge on any atom is 0.126 e. The number of benzene rings is 1. The monoisotopic (exact) mass is 334 g/mol. The van der Waals surface area contributed by atoms with Gasteiger partial charge in [-0.1, -0.05) is 15.9 Å². The van der Waals surface area contributed by atoms with Gasteiger partial charge in [0.05, 0.1) is 18.8 Å². The van der Waals surface area contributed by atoms with Crippen molar-refractivity contribution in [2.24, 2.45) is 5.84 Å². The standard InChI is InChI=1S/C12H16BrFN2OS/c13-9-1-2-10(14)8(5-9)6-11(16-15)12-7-18-4-3-17-12/h1-2,5,11-12,16H,3-4,6-7,15H2. The van der Waals surface area contributed by atoms with Crippen LogP contribution in [0.4, 0.5) is 4.39 Å². The second kappa shape index (κ2) is 6.86. The van der Waals surface area contributed by atoms with Crippen LogP contribution in [0.5, 0.6) is 0 Å². The largest absolute Gasteiger partial charge is 0.375 e. The molecule has 0 amide bonds. The number of nitrogens with two attached hydrogens (primary N) is 1. The summed E-state index contributed by atoms with van der Waals surface area (Å²) >= 11 is 5.19. The van der Waals surface area contributed by atoms with E-state index in [1.165, 1.54) is 6.07 Å². The Morgan fingerprint density at radius 2 is 2.44 bits per heavy atom. The number of halogens is 2. The zero-order valence-electron chi connectivity index (χ0n) is 9.86. The van der Waals surface area contributed by atoms with E-state index in [4.69, 9.17) is 10.6 Å². The summed E-state index contributed by atoms with van der Waals surface area (Å²) in [6.07, 6.45) is 0.555. The minimum atomic E-state index is -0.207. The third-order valence-corrected chi connectivity index (χ3v) is 4.46. The second-order valence-electron chi connectivity index (χ2n) is 4.20. The highest BCUT2D eigenvalue weighted by Crippen LogP contribution is 2.21. The van der Waals surface area contributed by atoms with Gasteiger partial charge in [0, 0.05) is 16.0 Å². The van der Waals surface area contributed by atoms with Crippen LogP contribution < -0.4 is 11.3 Å². The van der Waals surface area contributed by atoms with Gasteiger partial charge < -0.3 is 4.74 Å². The summed E-state index contributed by atoms with van der Waals surface area (Å²) < 4.78 is 20.2. The van der Waals surface area contributed by atoms with Crippen LogP contribution >= 0.6 is 27.7 Å². The van der Waals surface area contributed by atoms with Gasteiger partial charge in [-0.25, -0.2) is 4.39 Å². The van der Waals surface area contributed by atoms with Crippen LogP contribution in [0, 0.1) is 5.82 Å². The predicted octanol–water partition coefficient (Wildman–Crippen LogP) is 2.09. The van der Waals surface area contributed by atoms with E-state index in [2.05, 4.69) is 21.4 Å². The first-order chi connectivity index (χ1) is 8.70. The first-order valence-electron chi connectivity index (χ1n) is 5.80. The van der Waals surface area contributed by atoms with Crippen LogP contribution in [0.15, 0.2) is 22.7 Å². The van der Waals surface area contributed by atoms with Crippen LogP contribution in [0.2, 0.25) is 0 Å². The minimum absolute atomic E-state index is 0.0344. The Morgan fingerprint density at radius 1 is 1.61 bits per heavy atom. The molecular formula is C12H16BrFN2OS. The molecule has 0 radical (unpaired) electrons. The van der Waals surface area contributed by atoms with Gasteiger partial charge in [-0.2, -0.15) is 11.8 Å². The van der Waals surface area contributed by atoms with Gasteiger partial charge >= 0.3 is 0 Å². The van der Waals surface area contributed by atoms with Crippen molar-refractivity contribution in [3.8, 4) is 0 Å². The molecule has 2 unspecified atom stereocenters. The summed E-state index contributed by atoms with van der Waals surface area (Å²) in [5.41, 5.74) is 3.39. The summed E-state index contributed by atoms with van der Waals surface area (Å²) in [5.74, 6) is 7.27. The lowest BCUT2D eigenvalue weighted by Crippen LogP contribution is -2.49. The number of rotatable bonds is 4. The van der Waals surface area contributed by atoms with Gasteiger partial charge in [0.25, 0.3) is 0 Å². The summed E-state index contributed by atoms with van der Waals surface area (Å²) in [6.45, 7) is 0.731. The third-order valence-electron chi connectivity index (χ3n) is 2.95. The quantitative estimate of drug-likeness (QED) is 0.653. The Balaban J connectivity index is 2.06. The molecule has 0 aromatic heterocycles. The average molecular weight is 335 g/mol. The highest BCUT2D eigenvalue weighted by Gasteiger charge is 2.25. The van der Waals surface area contributed by atoms with Crippen LogP contribution in [-0.2, 0) is 11.2 Å². The van der Waals surface area contributed by atoms with Crippen molar-refractivity contribution >= 4 is 27.7 Å². The van der Waals surface area contributed by atoms with Crippen molar-refractivity contribution in [2.45, 2.75) is 18.6 Å². The molecule has 6 heteroatoms. The van der Waals surface area contributed by atoms with Gasteiger partial charge in [0.2, 0.25) is 0 Å². The van der Waals surface area contributed by atoms with E-state index in [-0.39, 0.29) is 18.0 Å². The smallest absolute Gasteiger partial charge is 0.126 e. The van der Waals surface area contributed by atoms with Gasteiger partial charge in [-0.3, -0.25) is 11.3 Å². The number of thioether (sulfide) groups is 1. The summed E-state index contributed by atoms with van der Waals surface area (Å²) in [5, 5.41) is 0. The Morgan fingerprint density at radius 3 is 3.11 bits per heavy atom. The van der Waals surface area contributed by atoms with Gasteiger partial charge in [-0.05, 0) is 30.2 Å². The minimum Gasteiger partial charge on any atom is -0.375 e. The molecule has 0 aliphatic carbocycles. The molecule has 1 aromatic rings. The highest BCUT2D eigenvalue weighted by molar-refractivity contribution is 9.10. The van der Waals surface area contributed by atoms with Crippen LogP contribution in [0.1, 0.15) is 5.56 Å². The van der Waals surface area contributed by atoms with E-state index in [0.29, 0.717) is 12.0 Å². The lowest BCUT2D eigenvalue weighted by atomic mass is 10.0. The molecule has 1 aliphatic rings. The van der Waals surface area contributed by atoms with Gasteiger partial charge in [0.1, 0.15) is 5.82 Å². The molecule has 3 nitrogen and oxygen atoms in total. The molecule has 3 N–H and O–H groups in total. The maximum absolute atomic E-state index is 13.7. The lowest BCUT2D eigenvalue weighted by Gasteiger charge is -2.29.